The summed E-state index contributed by atoms with van der Waals surface area (Å²) < 4.78 is 0. The van der Waals surface area contributed by atoms with Crippen LogP contribution < -0.4 is 5.32 Å². The number of nitriles is 1. The van der Waals surface area contributed by atoms with E-state index in [1.165, 1.54) is 4.90 Å². The molecule has 30 heavy (non-hydrogen) atoms. The maximum atomic E-state index is 13.1. The first-order valence-corrected chi connectivity index (χ1v) is 9.98. The van der Waals surface area contributed by atoms with Crippen LogP contribution in [-0.4, -0.2) is 46.3 Å². The Morgan fingerprint density at radius 3 is 2.47 bits per heavy atom. The van der Waals surface area contributed by atoms with Crippen molar-refractivity contribution in [2.75, 3.05) is 13.1 Å². The summed E-state index contributed by atoms with van der Waals surface area (Å²) in [7, 11) is 0. The van der Waals surface area contributed by atoms with Gasteiger partial charge in [0.2, 0.25) is 0 Å². The van der Waals surface area contributed by atoms with Gasteiger partial charge in [-0.25, -0.2) is 4.79 Å². The maximum absolute atomic E-state index is 13.1. The van der Waals surface area contributed by atoms with Crippen molar-refractivity contribution in [2.24, 2.45) is 0 Å². The number of carbonyl (C=O) groups is 3. The average Bonchev–Trinajstić information content (AvgIpc) is 2.98. The molecule has 2 fully saturated rings. The summed E-state index contributed by atoms with van der Waals surface area (Å²) >= 11 is 6.00. The second-order valence-corrected chi connectivity index (χ2v) is 7.95. The number of rotatable bonds is 3. The Kier molecular flexibility index (Phi) is 5.18. The van der Waals surface area contributed by atoms with Gasteiger partial charge in [-0.1, -0.05) is 23.7 Å². The van der Waals surface area contributed by atoms with Gasteiger partial charge >= 0.3 is 6.03 Å². The number of amides is 4. The number of urea groups is 1. The highest BCUT2D eigenvalue weighted by atomic mass is 35.5. The van der Waals surface area contributed by atoms with Gasteiger partial charge < -0.3 is 10.2 Å². The molecule has 152 valence electrons. The van der Waals surface area contributed by atoms with Gasteiger partial charge in [0.1, 0.15) is 5.54 Å². The molecule has 8 heteroatoms. The third kappa shape index (κ3) is 3.62. The zero-order chi connectivity index (χ0) is 21.3. The molecule has 0 aliphatic carbocycles. The van der Waals surface area contributed by atoms with Crippen LogP contribution in [0.15, 0.2) is 48.5 Å². The van der Waals surface area contributed by atoms with Crippen LogP contribution in [0.3, 0.4) is 0 Å². The van der Waals surface area contributed by atoms with Gasteiger partial charge in [-0.15, -0.1) is 0 Å². The monoisotopic (exact) mass is 422 g/mol. The van der Waals surface area contributed by atoms with Crippen molar-refractivity contribution < 1.29 is 14.4 Å². The predicted octanol–water partition coefficient (Wildman–Crippen LogP) is 2.94. The number of hydrogen-bond acceptors (Lipinski definition) is 4. The molecule has 2 aliphatic rings. The summed E-state index contributed by atoms with van der Waals surface area (Å²) in [6.45, 7) is 0.868. The first kappa shape index (κ1) is 19.9. The average molecular weight is 423 g/mol. The zero-order valence-electron chi connectivity index (χ0n) is 16.1. The second-order valence-electron chi connectivity index (χ2n) is 7.51. The number of likely N-dealkylation sites (tertiary alicyclic amines) is 1. The van der Waals surface area contributed by atoms with Crippen molar-refractivity contribution in [1.82, 2.24) is 15.1 Å². The lowest BCUT2D eigenvalue weighted by Gasteiger charge is -2.37. The minimum absolute atomic E-state index is 0.151. The third-order valence-electron chi connectivity index (χ3n) is 5.64. The molecular weight excluding hydrogens is 404 g/mol. The van der Waals surface area contributed by atoms with E-state index in [9.17, 15) is 14.4 Å². The fraction of sp³-hybridized carbons (Fsp3) is 0.273. The van der Waals surface area contributed by atoms with Crippen LogP contribution >= 0.6 is 11.6 Å². The third-order valence-corrected chi connectivity index (χ3v) is 5.88. The molecule has 2 aliphatic heterocycles. The maximum Gasteiger partial charge on any atom is 0.325 e. The van der Waals surface area contributed by atoms with Gasteiger partial charge in [0.25, 0.3) is 11.8 Å². The predicted molar refractivity (Wildman–Crippen MR) is 110 cm³/mol. The van der Waals surface area contributed by atoms with E-state index in [1.807, 2.05) is 12.1 Å². The van der Waals surface area contributed by atoms with Crippen molar-refractivity contribution >= 4 is 29.4 Å². The summed E-state index contributed by atoms with van der Waals surface area (Å²) in [4.78, 5) is 41.2. The highest BCUT2D eigenvalue weighted by Gasteiger charge is 2.52. The summed E-state index contributed by atoms with van der Waals surface area (Å²) in [5.41, 5.74) is 0.783. The van der Waals surface area contributed by atoms with Crippen LogP contribution in [0.5, 0.6) is 0 Å². The van der Waals surface area contributed by atoms with Crippen molar-refractivity contribution in [2.45, 2.75) is 24.9 Å². The van der Waals surface area contributed by atoms with Crippen LogP contribution in [0.2, 0.25) is 5.02 Å². The number of imide groups is 1. The van der Waals surface area contributed by atoms with Gasteiger partial charge in [-0.2, -0.15) is 5.26 Å². The van der Waals surface area contributed by atoms with E-state index in [2.05, 4.69) is 5.32 Å². The minimum Gasteiger partial charge on any atom is -0.338 e. The molecule has 4 rings (SSSR count). The number of nitrogens with one attached hydrogen (secondary N) is 1. The Labute approximate surface area is 178 Å². The highest BCUT2D eigenvalue weighted by Crippen LogP contribution is 2.31. The van der Waals surface area contributed by atoms with Crippen LogP contribution in [0.1, 0.15) is 34.3 Å². The quantitative estimate of drug-likeness (QED) is 0.769. The van der Waals surface area contributed by atoms with Gasteiger partial charge in [-0.3, -0.25) is 14.5 Å². The molecule has 0 saturated carbocycles. The largest absolute Gasteiger partial charge is 0.338 e. The van der Waals surface area contributed by atoms with E-state index in [0.717, 1.165) is 5.56 Å². The highest BCUT2D eigenvalue weighted by molar-refractivity contribution is 6.30. The number of nitrogens with zero attached hydrogens (tertiary/aromatic N) is 3. The SMILES string of the molecule is N#Cc1ccc(C(=O)N2CCC3(CC2)NC(=O)N(Cc2cccc(Cl)c2)C3=O)cc1. The molecule has 0 atom stereocenters. The standard InChI is InChI=1S/C22H19ClN4O3/c23-18-3-1-2-16(12-18)14-27-20(29)22(25-21(27)30)8-10-26(11-9-22)19(28)17-6-4-15(13-24)5-7-17/h1-7,12H,8-11,14H2,(H,25,30). The summed E-state index contributed by atoms with van der Waals surface area (Å²) in [6, 6.07) is 15.1. The van der Waals surface area contributed by atoms with Crippen molar-refractivity contribution in [3.05, 3.63) is 70.2 Å². The normalized spacial score (nSPS) is 17.7. The number of piperidine rings is 1. The molecule has 2 aromatic rings. The van der Waals surface area contributed by atoms with Gasteiger partial charge in [0.05, 0.1) is 18.2 Å². The Hall–Kier alpha value is -3.37. The van der Waals surface area contributed by atoms with Crippen molar-refractivity contribution in [1.29, 1.82) is 5.26 Å². The Morgan fingerprint density at radius 2 is 1.83 bits per heavy atom. The molecule has 0 bridgehead atoms. The number of hydrogen-bond donors (Lipinski definition) is 1. The molecule has 4 amide bonds. The number of halogens is 1. The lowest BCUT2D eigenvalue weighted by molar-refractivity contribution is -0.133. The molecule has 0 unspecified atom stereocenters. The van der Waals surface area contributed by atoms with E-state index in [0.29, 0.717) is 42.1 Å². The van der Waals surface area contributed by atoms with E-state index in [1.54, 1.807) is 47.4 Å². The molecule has 2 heterocycles. The van der Waals surface area contributed by atoms with Crippen molar-refractivity contribution in [3.63, 3.8) is 0 Å². The first-order valence-electron chi connectivity index (χ1n) is 9.60. The van der Waals surface area contributed by atoms with Crippen LogP contribution in [0.4, 0.5) is 4.79 Å². The first-order chi connectivity index (χ1) is 14.4. The van der Waals surface area contributed by atoms with Crippen LogP contribution in [-0.2, 0) is 11.3 Å². The molecular formula is C22H19ClN4O3. The van der Waals surface area contributed by atoms with Gasteiger partial charge in [-0.05, 0) is 54.8 Å². The van der Waals surface area contributed by atoms with E-state index < -0.39 is 11.6 Å². The minimum atomic E-state index is -0.975. The smallest absolute Gasteiger partial charge is 0.325 e. The van der Waals surface area contributed by atoms with Gasteiger partial charge in [0.15, 0.2) is 0 Å². The molecule has 2 aromatic carbocycles. The second kappa shape index (κ2) is 7.81. The molecule has 0 radical (unpaired) electrons. The van der Waals surface area contributed by atoms with Crippen LogP contribution in [0, 0.1) is 11.3 Å². The van der Waals surface area contributed by atoms with E-state index >= 15 is 0 Å². The summed E-state index contributed by atoms with van der Waals surface area (Å²) in [5.74, 6) is -0.417. The molecule has 1 N–H and O–H groups in total. The molecule has 0 aromatic heterocycles. The molecule has 1 spiro atoms. The van der Waals surface area contributed by atoms with Gasteiger partial charge in [0, 0.05) is 23.7 Å². The topological polar surface area (TPSA) is 93.5 Å². The van der Waals surface area contributed by atoms with E-state index in [4.69, 9.17) is 16.9 Å². The zero-order valence-corrected chi connectivity index (χ0v) is 16.9. The Morgan fingerprint density at radius 1 is 1.13 bits per heavy atom. The molecule has 2 saturated heterocycles. The summed E-state index contributed by atoms with van der Waals surface area (Å²) in [6.07, 6.45) is 0.706. The van der Waals surface area contributed by atoms with E-state index in [-0.39, 0.29) is 18.4 Å². The lowest BCUT2D eigenvalue weighted by Crippen LogP contribution is -2.55. The number of benzene rings is 2. The summed E-state index contributed by atoms with van der Waals surface area (Å²) in [5, 5.41) is 12.3. The fourth-order valence-electron chi connectivity index (χ4n) is 3.94. The fourth-order valence-corrected chi connectivity index (χ4v) is 4.15. The Balaban J connectivity index is 1.43. The number of carbonyl (C=O) groups excluding carboxylic acids is 3. The molecule has 7 nitrogen and oxygen atoms in total. The lowest BCUT2D eigenvalue weighted by atomic mass is 9.87. The van der Waals surface area contributed by atoms with Crippen LogP contribution in [0.25, 0.3) is 0 Å². The van der Waals surface area contributed by atoms with Crippen molar-refractivity contribution in [3.8, 4) is 6.07 Å². The Bertz CT molecular complexity index is 1050.